The van der Waals surface area contributed by atoms with Crippen molar-refractivity contribution in [2.75, 3.05) is 0 Å². The Labute approximate surface area is 175 Å². The minimum Gasteiger partial charge on any atom is -0.478 e. The van der Waals surface area contributed by atoms with Gasteiger partial charge in [-0.1, -0.05) is 52.5 Å². The van der Waals surface area contributed by atoms with Gasteiger partial charge < -0.3 is 5.11 Å². The van der Waals surface area contributed by atoms with Gasteiger partial charge in [-0.05, 0) is 98.7 Å². The second kappa shape index (κ2) is 6.77. The van der Waals surface area contributed by atoms with Crippen LogP contribution in [0.4, 0.5) is 0 Å². The lowest BCUT2D eigenvalue weighted by atomic mass is 9.62. The van der Waals surface area contributed by atoms with Gasteiger partial charge in [-0.3, -0.25) is 0 Å². The minimum absolute atomic E-state index is 0.148. The fraction of sp³-hybridized carbons (Fsp3) is 0.375. The topological polar surface area (TPSA) is 37.3 Å². The molecule has 2 aromatic carbocycles. The van der Waals surface area contributed by atoms with Crippen molar-refractivity contribution in [2.45, 2.75) is 58.3 Å². The Balaban J connectivity index is 2.12. The van der Waals surface area contributed by atoms with E-state index in [-0.39, 0.29) is 10.8 Å². The molecule has 2 nitrogen and oxygen atoms in total. The van der Waals surface area contributed by atoms with E-state index in [2.05, 4.69) is 75.9 Å². The van der Waals surface area contributed by atoms with Crippen LogP contribution < -0.4 is 0 Å². The Bertz CT molecular complexity index is 951. The van der Waals surface area contributed by atoms with Crippen LogP contribution in [0.5, 0.6) is 0 Å². The van der Waals surface area contributed by atoms with Gasteiger partial charge in [0.05, 0.1) is 5.56 Å². The number of hydrogen-bond acceptors (Lipinski definition) is 1. The predicted molar refractivity (Wildman–Crippen MR) is 121 cm³/mol. The minimum atomic E-state index is -0.898. The van der Waals surface area contributed by atoms with Crippen LogP contribution in [0, 0.1) is 10.5 Å². The van der Waals surface area contributed by atoms with Crippen molar-refractivity contribution in [1.29, 1.82) is 0 Å². The highest BCUT2D eigenvalue weighted by Gasteiger charge is 2.37. The van der Waals surface area contributed by atoms with Gasteiger partial charge in [-0.25, -0.2) is 4.79 Å². The lowest BCUT2D eigenvalue weighted by Crippen LogP contribution is -2.34. The molecule has 1 aliphatic rings. The molecule has 0 atom stereocenters. The van der Waals surface area contributed by atoms with E-state index in [0.717, 1.165) is 20.3 Å². The molecule has 0 spiro atoms. The molecule has 0 heterocycles. The first-order chi connectivity index (χ1) is 12.4. The summed E-state index contributed by atoms with van der Waals surface area (Å²) in [7, 11) is 0. The average molecular weight is 474 g/mol. The summed E-state index contributed by atoms with van der Waals surface area (Å²) < 4.78 is 0.732. The molecule has 0 fully saturated rings. The van der Waals surface area contributed by atoms with Crippen molar-refractivity contribution in [3.05, 3.63) is 73.9 Å². The quantitative estimate of drug-likeness (QED) is 0.503. The van der Waals surface area contributed by atoms with E-state index in [9.17, 15) is 9.90 Å². The first-order valence-corrected chi connectivity index (χ1v) is 10.4. The van der Waals surface area contributed by atoms with Crippen molar-refractivity contribution in [3.63, 3.8) is 0 Å². The number of carbonyl (C=O) groups is 1. The molecule has 1 N–H and O–H groups in total. The summed E-state index contributed by atoms with van der Waals surface area (Å²) in [5, 5.41) is 9.27. The number of halogens is 1. The van der Waals surface area contributed by atoms with Gasteiger partial charge in [0.15, 0.2) is 0 Å². The summed E-state index contributed by atoms with van der Waals surface area (Å²) in [6.07, 6.45) is 2.37. The van der Waals surface area contributed by atoms with Gasteiger partial charge in [0.2, 0.25) is 0 Å². The van der Waals surface area contributed by atoms with Gasteiger partial charge in [-0.15, -0.1) is 0 Å². The van der Waals surface area contributed by atoms with Crippen LogP contribution in [0.15, 0.2) is 36.9 Å². The molecule has 142 valence electrons. The Hall–Kier alpha value is -1.62. The summed E-state index contributed by atoms with van der Waals surface area (Å²) in [5.74, 6) is -0.898. The third-order valence-electron chi connectivity index (χ3n) is 6.07. The first kappa shape index (κ1) is 20.1. The highest BCUT2D eigenvalue weighted by molar-refractivity contribution is 14.1. The van der Waals surface area contributed by atoms with Crippen molar-refractivity contribution < 1.29 is 9.90 Å². The van der Waals surface area contributed by atoms with Crippen LogP contribution >= 0.6 is 22.6 Å². The second-order valence-corrected chi connectivity index (χ2v) is 10.1. The molecule has 0 saturated heterocycles. The van der Waals surface area contributed by atoms with E-state index in [1.165, 1.54) is 29.5 Å². The van der Waals surface area contributed by atoms with Crippen LogP contribution in [0.1, 0.15) is 78.7 Å². The van der Waals surface area contributed by atoms with E-state index in [4.69, 9.17) is 0 Å². The third-order valence-corrected chi connectivity index (χ3v) is 6.96. The van der Waals surface area contributed by atoms with Crippen LogP contribution in [-0.4, -0.2) is 11.1 Å². The summed E-state index contributed by atoms with van der Waals surface area (Å²) in [6.45, 7) is 15.8. The molecule has 0 saturated carbocycles. The smallest absolute Gasteiger partial charge is 0.336 e. The number of carboxylic acids is 1. The van der Waals surface area contributed by atoms with E-state index in [1.807, 2.05) is 12.1 Å². The highest BCUT2D eigenvalue weighted by atomic mass is 127. The van der Waals surface area contributed by atoms with E-state index in [0.29, 0.717) is 5.56 Å². The number of hydrogen-bond donors (Lipinski definition) is 1. The average Bonchev–Trinajstić information content (AvgIpc) is 2.57. The zero-order chi connectivity index (χ0) is 20.1. The molecule has 0 aromatic heterocycles. The van der Waals surface area contributed by atoms with Gasteiger partial charge in [0, 0.05) is 3.57 Å². The van der Waals surface area contributed by atoms with E-state index in [1.54, 1.807) is 6.07 Å². The molecular formula is C24H27IO2. The van der Waals surface area contributed by atoms with Gasteiger partial charge >= 0.3 is 5.97 Å². The Kier molecular flexibility index (Phi) is 5.04. The molecule has 27 heavy (non-hydrogen) atoms. The number of fused-ring (bicyclic) bond motifs is 1. The maximum Gasteiger partial charge on any atom is 0.336 e. The molecule has 0 amide bonds. The monoisotopic (exact) mass is 474 g/mol. The number of rotatable bonds is 3. The normalized spacial score (nSPS) is 17.3. The highest BCUT2D eigenvalue weighted by Crippen LogP contribution is 2.47. The van der Waals surface area contributed by atoms with Crippen LogP contribution in [0.3, 0.4) is 0 Å². The third kappa shape index (κ3) is 3.58. The second-order valence-electron chi connectivity index (χ2n) is 8.96. The molecular weight excluding hydrogens is 447 g/mol. The molecule has 0 bridgehead atoms. The lowest BCUT2D eigenvalue weighted by molar-refractivity contribution is 0.0695. The van der Waals surface area contributed by atoms with Crippen molar-refractivity contribution in [1.82, 2.24) is 0 Å². The number of benzene rings is 2. The molecule has 0 radical (unpaired) electrons. The van der Waals surface area contributed by atoms with Crippen LogP contribution in [-0.2, 0) is 10.8 Å². The molecule has 0 aliphatic heterocycles. The van der Waals surface area contributed by atoms with Gasteiger partial charge in [-0.2, -0.15) is 0 Å². The molecule has 0 unspecified atom stereocenters. The Morgan fingerprint density at radius 2 is 1.56 bits per heavy atom. The summed E-state index contributed by atoms with van der Waals surface area (Å²) >= 11 is 2.09. The summed E-state index contributed by atoms with van der Waals surface area (Å²) in [5.41, 5.74) is 7.83. The standard InChI is InChI=1S/C24H27IO2/c1-14-11-19-20(24(5,6)10-9-23(19,3)4)13-18(14)15(2)16-7-8-17(22(26)27)21(25)12-16/h7-8,11-13H,2,9-10H2,1,3-6H3,(H,26,27). The fourth-order valence-electron chi connectivity index (χ4n) is 4.08. The van der Waals surface area contributed by atoms with Gasteiger partial charge in [0.1, 0.15) is 0 Å². The maximum atomic E-state index is 11.3. The fourth-order valence-corrected chi connectivity index (χ4v) is 4.83. The number of carboxylic acid groups (broad SMARTS) is 1. The summed E-state index contributed by atoms with van der Waals surface area (Å²) in [4.78, 5) is 11.3. The first-order valence-electron chi connectivity index (χ1n) is 9.32. The van der Waals surface area contributed by atoms with E-state index < -0.39 is 5.97 Å². The Morgan fingerprint density at radius 3 is 2.07 bits per heavy atom. The molecule has 2 aromatic rings. The molecule has 3 heteroatoms. The lowest BCUT2D eigenvalue weighted by Gasteiger charge is -2.42. The molecule has 1 aliphatic carbocycles. The zero-order valence-electron chi connectivity index (χ0n) is 16.7. The predicted octanol–water partition coefficient (Wildman–Crippen LogP) is 6.71. The van der Waals surface area contributed by atoms with E-state index >= 15 is 0 Å². The van der Waals surface area contributed by atoms with Crippen molar-refractivity contribution >= 4 is 34.1 Å². The van der Waals surface area contributed by atoms with Crippen molar-refractivity contribution in [3.8, 4) is 0 Å². The largest absolute Gasteiger partial charge is 0.478 e. The zero-order valence-corrected chi connectivity index (χ0v) is 18.9. The molecule has 3 rings (SSSR count). The number of aryl methyl sites for hydroxylation is 1. The SMILES string of the molecule is C=C(c1ccc(C(=O)O)c(I)c1)c1cc2c(cc1C)C(C)(C)CCC2(C)C. The maximum absolute atomic E-state index is 11.3. The Morgan fingerprint density at radius 1 is 1.00 bits per heavy atom. The van der Waals surface area contributed by atoms with Crippen molar-refractivity contribution in [2.24, 2.45) is 0 Å². The number of aromatic carboxylic acids is 1. The van der Waals surface area contributed by atoms with Gasteiger partial charge in [0.25, 0.3) is 0 Å². The van der Waals surface area contributed by atoms with Crippen LogP contribution in [0.25, 0.3) is 5.57 Å². The summed E-state index contributed by atoms with van der Waals surface area (Å²) in [6, 6.07) is 10.1. The van der Waals surface area contributed by atoms with Crippen LogP contribution in [0.2, 0.25) is 0 Å².